The van der Waals surface area contributed by atoms with Crippen LogP contribution in [-0.4, -0.2) is 38.5 Å². The molecule has 0 bridgehead atoms. The molecule has 0 saturated carbocycles. The molecule has 6 aromatic rings. The first kappa shape index (κ1) is 27.1. The fourth-order valence-electron chi connectivity index (χ4n) is 4.74. The number of aliphatic hydroxyl groups excluding tert-OH is 1. The lowest BCUT2D eigenvalue weighted by molar-refractivity contribution is 0.0991. The third-order valence-corrected chi connectivity index (χ3v) is 8.12. The van der Waals surface area contributed by atoms with E-state index in [0.29, 0.717) is 33.1 Å². The topological polar surface area (TPSA) is 100 Å². The van der Waals surface area contributed by atoms with Crippen LogP contribution in [0.25, 0.3) is 21.5 Å². The van der Waals surface area contributed by atoms with Crippen molar-refractivity contribution in [3.05, 3.63) is 132 Å². The number of nitrogens with one attached hydrogen (secondary N) is 1. The second-order valence-electron chi connectivity index (χ2n) is 9.74. The summed E-state index contributed by atoms with van der Waals surface area (Å²) in [7, 11) is 1.71. The normalized spacial score (nSPS) is 11.8. The second-order valence-corrected chi connectivity index (χ2v) is 10.8. The molecule has 9 heteroatoms. The molecule has 8 nitrogen and oxygen atoms in total. The van der Waals surface area contributed by atoms with Crippen LogP contribution in [0, 0.1) is 0 Å². The number of anilines is 2. The summed E-state index contributed by atoms with van der Waals surface area (Å²) in [6, 6.07) is 31.4. The predicted octanol–water partition coefficient (Wildman–Crippen LogP) is 6.42. The van der Waals surface area contributed by atoms with Crippen LogP contribution in [0.4, 0.5) is 11.6 Å². The van der Waals surface area contributed by atoms with Crippen LogP contribution >= 0.6 is 11.3 Å². The predicted molar refractivity (Wildman–Crippen MR) is 166 cm³/mol. The lowest BCUT2D eigenvalue weighted by atomic mass is 10.1. The van der Waals surface area contributed by atoms with Crippen LogP contribution in [0.2, 0.25) is 0 Å². The van der Waals surface area contributed by atoms with Gasteiger partial charge in [0, 0.05) is 41.1 Å². The van der Waals surface area contributed by atoms with E-state index in [0.717, 1.165) is 16.0 Å². The smallest absolute Gasteiger partial charge is 0.268 e. The standard InChI is InChI=1S/C33H27N5O3S/c1-37(32(41)23-11-6-3-7-12-23)25-14-15-27-26(19-25)35-33(38(27)21-28(39)22-9-4-2-5-10-22)36-31(40)30-17-16-29(42-30)24-13-8-18-34-20-24/h2-20,28,39H,21H2,1H3,(H,35,36,40)/t28-/m0/s1. The van der Waals surface area contributed by atoms with Crippen molar-refractivity contribution >= 4 is 45.8 Å². The van der Waals surface area contributed by atoms with Gasteiger partial charge in [0.2, 0.25) is 5.95 Å². The third kappa shape index (κ3) is 5.56. The lowest BCUT2D eigenvalue weighted by Crippen LogP contribution is -2.26. The summed E-state index contributed by atoms with van der Waals surface area (Å²) >= 11 is 1.36. The molecule has 6 rings (SSSR count). The van der Waals surface area contributed by atoms with E-state index in [1.807, 2.05) is 84.9 Å². The fraction of sp³-hybridized carbons (Fsp3) is 0.0909. The number of carbonyl (C=O) groups is 2. The van der Waals surface area contributed by atoms with Crippen molar-refractivity contribution in [3.63, 3.8) is 0 Å². The Balaban J connectivity index is 1.33. The number of pyridine rings is 1. The fourth-order valence-corrected chi connectivity index (χ4v) is 5.63. The molecule has 208 valence electrons. The number of aliphatic hydroxyl groups is 1. The number of aromatic nitrogens is 3. The number of hydrogen-bond donors (Lipinski definition) is 2. The Kier molecular flexibility index (Phi) is 7.59. The van der Waals surface area contributed by atoms with Gasteiger partial charge in [-0.05, 0) is 54.1 Å². The molecule has 0 aliphatic heterocycles. The van der Waals surface area contributed by atoms with Crippen molar-refractivity contribution in [2.45, 2.75) is 12.6 Å². The highest BCUT2D eigenvalue weighted by Crippen LogP contribution is 2.30. The number of amides is 2. The van der Waals surface area contributed by atoms with Gasteiger partial charge in [-0.2, -0.15) is 0 Å². The number of benzene rings is 3. The molecule has 0 fully saturated rings. The van der Waals surface area contributed by atoms with Crippen molar-refractivity contribution in [2.75, 3.05) is 17.3 Å². The Labute approximate surface area is 246 Å². The number of nitrogens with zero attached hydrogens (tertiary/aromatic N) is 4. The molecule has 42 heavy (non-hydrogen) atoms. The van der Waals surface area contributed by atoms with E-state index in [-0.39, 0.29) is 18.4 Å². The van der Waals surface area contributed by atoms with Gasteiger partial charge in [-0.25, -0.2) is 4.98 Å². The zero-order valence-corrected chi connectivity index (χ0v) is 23.5. The minimum Gasteiger partial charge on any atom is -0.387 e. The maximum atomic E-state index is 13.4. The molecule has 0 aliphatic rings. The molecule has 0 unspecified atom stereocenters. The minimum absolute atomic E-state index is 0.149. The third-order valence-electron chi connectivity index (χ3n) is 6.99. The van der Waals surface area contributed by atoms with Crippen LogP contribution in [-0.2, 0) is 6.54 Å². The number of imidazole rings is 1. The molecule has 3 heterocycles. The highest BCUT2D eigenvalue weighted by molar-refractivity contribution is 7.17. The monoisotopic (exact) mass is 573 g/mol. The Hall–Kier alpha value is -5.12. The van der Waals surface area contributed by atoms with Crippen molar-refractivity contribution in [1.29, 1.82) is 0 Å². The van der Waals surface area contributed by atoms with E-state index in [1.54, 1.807) is 47.1 Å². The first-order valence-electron chi connectivity index (χ1n) is 13.4. The molecule has 3 aromatic heterocycles. The first-order valence-corrected chi connectivity index (χ1v) is 14.2. The summed E-state index contributed by atoms with van der Waals surface area (Å²) in [6.07, 6.45) is 2.63. The zero-order chi connectivity index (χ0) is 29.1. The van der Waals surface area contributed by atoms with E-state index >= 15 is 0 Å². The SMILES string of the molecule is CN(C(=O)c1ccccc1)c1ccc2c(c1)nc(NC(=O)c1ccc(-c3cccnc3)s1)n2C[C@H](O)c1ccccc1. The number of thiophene rings is 1. The van der Waals surface area contributed by atoms with Gasteiger partial charge in [-0.3, -0.25) is 19.9 Å². The van der Waals surface area contributed by atoms with Crippen molar-refractivity contribution in [3.8, 4) is 10.4 Å². The van der Waals surface area contributed by atoms with Crippen LogP contribution < -0.4 is 10.2 Å². The molecular weight excluding hydrogens is 546 g/mol. The van der Waals surface area contributed by atoms with Crippen LogP contribution in [0.5, 0.6) is 0 Å². The number of hydrogen-bond acceptors (Lipinski definition) is 6. The largest absolute Gasteiger partial charge is 0.387 e. The second kappa shape index (κ2) is 11.8. The highest BCUT2D eigenvalue weighted by Gasteiger charge is 2.21. The minimum atomic E-state index is -0.833. The van der Waals surface area contributed by atoms with Crippen LogP contribution in [0.1, 0.15) is 31.7 Å². The Morgan fingerprint density at radius 3 is 2.45 bits per heavy atom. The molecular formula is C33H27N5O3S. The van der Waals surface area contributed by atoms with E-state index in [2.05, 4.69) is 10.3 Å². The summed E-state index contributed by atoms with van der Waals surface area (Å²) in [4.78, 5) is 38.4. The average Bonchev–Trinajstić information content (AvgIpc) is 3.67. The van der Waals surface area contributed by atoms with Gasteiger partial charge in [0.15, 0.2) is 0 Å². The van der Waals surface area contributed by atoms with Crippen LogP contribution in [0.3, 0.4) is 0 Å². The molecule has 1 atom stereocenters. The van der Waals surface area contributed by atoms with Crippen molar-refractivity contribution < 1.29 is 14.7 Å². The summed E-state index contributed by atoms with van der Waals surface area (Å²) < 4.78 is 1.79. The summed E-state index contributed by atoms with van der Waals surface area (Å²) in [5.41, 5.74) is 4.21. The molecule has 0 aliphatic carbocycles. The highest BCUT2D eigenvalue weighted by atomic mass is 32.1. The molecule has 0 saturated heterocycles. The average molecular weight is 574 g/mol. The Morgan fingerprint density at radius 2 is 1.71 bits per heavy atom. The maximum Gasteiger partial charge on any atom is 0.268 e. The zero-order valence-electron chi connectivity index (χ0n) is 22.7. The van der Waals surface area contributed by atoms with Gasteiger partial charge < -0.3 is 14.6 Å². The maximum absolute atomic E-state index is 13.4. The van der Waals surface area contributed by atoms with E-state index < -0.39 is 6.10 Å². The van der Waals surface area contributed by atoms with Crippen molar-refractivity contribution in [1.82, 2.24) is 14.5 Å². The molecule has 0 spiro atoms. The number of rotatable bonds is 8. The molecule has 2 N–H and O–H groups in total. The van der Waals surface area contributed by atoms with Crippen LogP contribution in [0.15, 0.2) is 116 Å². The van der Waals surface area contributed by atoms with Gasteiger partial charge >= 0.3 is 0 Å². The van der Waals surface area contributed by atoms with E-state index in [1.165, 1.54) is 11.3 Å². The van der Waals surface area contributed by atoms with E-state index in [4.69, 9.17) is 4.98 Å². The molecule has 2 amide bonds. The number of fused-ring (bicyclic) bond motifs is 1. The molecule has 3 aromatic carbocycles. The van der Waals surface area contributed by atoms with Gasteiger partial charge in [-0.15, -0.1) is 11.3 Å². The van der Waals surface area contributed by atoms with Gasteiger partial charge in [0.25, 0.3) is 11.8 Å². The van der Waals surface area contributed by atoms with Gasteiger partial charge in [0.1, 0.15) is 0 Å². The van der Waals surface area contributed by atoms with E-state index in [9.17, 15) is 14.7 Å². The lowest BCUT2D eigenvalue weighted by Gasteiger charge is -2.18. The Bertz CT molecular complexity index is 1850. The van der Waals surface area contributed by atoms with Gasteiger partial charge in [0.05, 0.1) is 28.6 Å². The van der Waals surface area contributed by atoms with Gasteiger partial charge in [-0.1, -0.05) is 54.6 Å². The molecule has 0 radical (unpaired) electrons. The Morgan fingerprint density at radius 1 is 0.952 bits per heavy atom. The summed E-state index contributed by atoms with van der Waals surface area (Å²) in [6.45, 7) is 0.166. The van der Waals surface area contributed by atoms with Crippen molar-refractivity contribution in [2.24, 2.45) is 0 Å². The number of carbonyl (C=O) groups excluding carboxylic acids is 2. The summed E-state index contributed by atoms with van der Waals surface area (Å²) in [5, 5.41) is 14.0. The quantitative estimate of drug-likeness (QED) is 0.219. The summed E-state index contributed by atoms with van der Waals surface area (Å²) in [5.74, 6) is -0.155. The first-order chi connectivity index (χ1) is 20.5.